The van der Waals surface area contributed by atoms with E-state index in [1.165, 1.54) is 244 Å². The summed E-state index contributed by atoms with van der Waals surface area (Å²) in [5.41, 5.74) is 0. The fourth-order valence-corrected chi connectivity index (χ4v) is 13.7. The van der Waals surface area contributed by atoms with E-state index in [4.69, 9.17) is 18.9 Å². The second-order valence-corrected chi connectivity index (χ2v) is 29.9. The minimum Gasteiger partial charge on any atom is -0.394 e. The molecular formula is C90H159NO13. The molecule has 1 amide bonds. The number of rotatable bonds is 72. The van der Waals surface area contributed by atoms with Crippen LogP contribution in [0.3, 0.4) is 0 Å². The monoisotopic (exact) mass is 1460 g/mol. The fraction of sp³-hybridized carbons (Fsp3) is 0.789. The summed E-state index contributed by atoms with van der Waals surface area (Å²) in [7, 11) is 0. The van der Waals surface area contributed by atoms with E-state index < -0.39 is 86.8 Å². The maximum absolute atomic E-state index is 13.4. The van der Waals surface area contributed by atoms with Gasteiger partial charge in [-0.3, -0.25) is 4.79 Å². The van der Waals surface area contributed by atoms with Gasteiger partial charge in [0.05, 0.1) is 32.0 Å². The number of hydrogen-bond donors (Lipinski definition) is 9. The second-order valence-electron chi connectivity index (χ2n) is 29.9. The maximum Gasteiger partial charge on any atom is 0.220 e. The van der Waals surface area contributed by atoms with Crippen LogP contribution in [0.5, 0.6) is 0 Å². The first-order valence-electron chi connectivity index (χ1n) is 43.1. The van der Waals surface area contributed by atoms with Crippen molar-refractivity contribution >= 4 is 5.91 Å². The van der Waals surface area contributed by atoms with Gasteiger partial charge in [-0.1, -0.05) is 367 Å². The quantitative estimate of drug-likeness (QED) is 0.0204. The number of aliphatic hydroxyl groups is 8. The molecule has 2 aliphatic rings. The summed E-state index contributed by atoms with van der Waals surface area (Å²) in [6, 6.07) is -0.945. The lowest BCUT2D eigenvalue weighted by molar-refractivity contribution is -0.359. The molecule has 0 aromatic carbocycles. The lowest BCUT2D eigenvalue weighted by Gasteiger charge is -2.46. The van der Waals surface area contributed by atoms with Crippen molar-refractivity contribution < 1.29 is 64.6 Å². The number of nitrogens with one attached hydrogen (secondary N) is 1. The summed E-state index contributed by atoms with van der Waals surface area (Å²) >= 11 is 0. The van der Waals surface area contributed by atoms with E-state index in [-0.39, 0.29) is 18.9 Å². The number of hydrogen-bond acceptors (Lipinski definition) is 13. The molecule has 0 bridgehead atoms. The molecule has 2 fully saturated rings. The summed E-state index contributed by atoms with van der Waals surface area (Å²) in [5, 5.41) is 87.8. The third kappa shape index (κ3) is 54.3. The second kappa shape index (κ2) is 72.5. The summed E-state index contributed by atoms with van der Waals surface area (Å²) < 4.78 is 22.9. The van der Waals surface area contributed by atoms with E-state index >= 15 is 0 Å². The van der Waals surface area contributed by atoms with Gasteiger partial charge in [-0.2, -0.15) is 0 Å². The van der Waals surface area contributed by atoms with Crippen LogP contribution in [0.1, 0.15) is 361 Å². The van der Waals surface area contributed by atoms with Gasteiger partial charge in [0, 0.05) is 6.42 Å². The molecule has 2 saturated heterocycles. The number of carbonyl (C=O) groups excluding carboxylic acids is 1. The molecule has 2 heterocycles. The van der Waals surface area contributed by atoms with Gasteiger partial charge in [-0.05, 0) is 96.3 Å². The molecule has 0 spiro atoms. The van der Waals surface area contributed by atoms with Crippen molar-refractivity contribution in [3.05, 3.63) is 109 Å². The fourth-order valence-electron chi connectivity index (χ4n) is 13.7. The highest BCUT2D eigenvalue weighted by Crippen LogP contribution is 2.30. The Kier molecular flexibility index (Phi) is 67.4. The number of carbonyl (C=O) groups is 1. The lowest BCUT2D eigenvalue weighted by atomic mass is 9.97. The van der Waals surface area contributed by atoms with Crippen LogP contribution < -0.4 is 5.32 Å². The number of unbranched alkanes of at least 4 members (excludes halogenated alkanes) is 43. The Morgan fingerprint density at radius 3 is 1.06 bits per heavy atom. The van der Waals surface area contributed by atoms with Crippen LogP contribution in [0.4, 0.5) is 0 Å². The lowest BCUT2D eigenvalue weighted by Crippen LogP contribution is -2.65. The van der Waals surface area contributed by atoms with Crippen LogP contribution in [-0.2, 0) is 23.7 Å². The number of allylic oxidation sites excluding steroid dienone is 17. The highest BCUT2D eigenvalue weighted by atomic mass is 16.7. The Morgan fingerprint density at radius 2 is 0.673 bits per heavy atom. The third-order valence-corrected chi connectivity index (χ3v) is 20.4. The Bertz CT molecular complexity index is 2170. The zero-order chi connectivity index (χ0) is 75.1. The van der Waals surface area contributed by atoms with Gasteiger partial charge in [0.25, 0.3) is 0 Å². The summed E-state index contributed by atoms with van der Waals surface area (Å²) in [4.78, 5) is 13.4. The van der Waals surface area contributed by atoms with Crippen molar-refractivity contribution in [2.75, 3.05) is 19.8 Å². The van der Waals surface area contributed by atoms with Crippen molar-refractivity contribution in [2.45, 2.75) is 434 Å². The minimum absolute atomic E-state index is 0.250. The molecule has 0 aliphatic carbocycles. The normalized spacial score (nSPS) is 22.0. The molecule has 0 radical (unpaired) electrons. The third-order valence-electron chi connectivity index (χ3n) is 20.4. The Hall–Kier alpha value is -3.35. The van der Waals surface area contributed by atoms with Crippen molar-refractivity contribution in [3.8, 4) is 0 Å². The number of aliphatic hydroxyl groups excluding tert-OH is 8. The molecule has 12 atom stereocenters. The van der Waals surface area contributed by atoms with Gasteiger partial charge in [-0.15, -0.1) is 0 Å². The molecule has 0 aromatic heterocycles. The molecule has 14 heteroatoms. The molecule has 12 unspecified atom stereocenters. The van der Waals surface area contributed by atoms with Gasteiger partial charge in [0.1, 0.15) is 48.8 Å². The van der Waals surface area contributed by atoms with Crippen LogP contribution in [0.25, 0.3) is 0 Å². The zero-order valence-electron chi connectivity index (χ0n) is 66.2. The molecule has 14 nitrogen and oxygen atoms in total. The first kappa shape index (κ1) is 96.7. The van der Waals surface area contributed by atoms with Crippen molar-refractivity contribution in [1.29, 1.82) is 0 Å². The number of amides is 1. The van der Waals surface area contributed by atoms with Gasteiger partial charge in [0.2, 0.25) is 5.91 Å². The van der Waals surface area contributed by atoms with E-state index in [1.807, 2.05) is 6.08 Å². The molecule has 0 aromatic rings. The van der Waals surface area contributed by atoms with Crippen molar-refractivity contribution in [2.24, 2.45) is 0 Å². The summed E-state index contributed by atoms with van der Waals surface area (Å²) in [6.07, 6.45) is 89.1. The molecule has 0 saturated carbocycles. The topological polar surface area (TPSA) is 228 Å². The van der Waals surface area contributed by atoms with Gasteiger partial charge in [-0.25, -0.2) is 0 Å². The van der Waals surface area contributed by atoms with Gasteiger partial charge < -0.3 is 65.1 Å². The maximum atomic E-state index is 13.4. The molecule has 9 N–H and O–H groups in total. The van der Waals surface area contributed by atoms with Gasteiger partial charge >= 0.3 is 0 Å². The van der Waals surface area contributed by atoms with E-state index in [0.717, 1.165) is 83.5 Å². The van der Waals surface area contributed by atoms with Crippen LogP contribution in [0.2, 0.25) is 0 Å². The smallest absolute Gasteiger partial charge is 0.220 e. The SMILES string of the molecule is CC/C=C\C/C=C\C/C=C\C/C=C\C/C=C\C/C=C\CCCCCCCCCCCCCCCCCCCCCCC(=O)NC(COC1OC(CO)C(OC2OC(CO)C(O)C(O)C2O)C(O)C1O)C(O)/C=C/CC/C=C/CC/C=C/CCCCCCCCCCCCCCCCCCCCCCC. The highest BCUT2D eigenvalue weighted by molar-refractivity contribution is 5.76. The van der Waals surface area contributed by atoms with Crippen LogP contribution in [0, 0.1) is 0 Å². The molecular weight excluding hydrogens is 1300 g/mol. The zero-order valence-corrected chi connectivity index (χ0v) is 66.2. The van der Waals surface area contributed by atoms with Crippen LogP contribution in [-0.4, -0.2) is 140 Å². The standard InChI is InChI=1S/C90H159NO13/c1-3-5-7-9-11-13-15-17-19-21-23-25-27-29-31-33-35-36-37-38-39-40-41-42-44-46-48-50-52-54-56-58-60-62-64-66-68-70-72-74-82(95)91-78(77-101-89-87(100)85(98)88(81(76-93)103-89)104-90-86(99)84(97)83(96)80(75-92)102-90)79(94)73-71-69-67-65-63-61-59-57-55-53-51-49-47-45-43-34-32-30-28-26-24-22-20-18-16-14-12-10-8-6-4-2/h5,7,11,13,17,19,23,25,29,31,35-36,55,57,63,65,71,73,78-81,83-90,92-94,96-100H,3-4,6,8-10,12,14-16,18,20-22,24,26-28,30,32-34,37-54,56,58-62,64,66-70,72,74-77H2,1-2H3,(H,91,95)/b7-5-,13-11-,19-17-,25-23-,31-29-,36-35-,57-55+,65-63+,73-71+. The first-order chi connectivity index (χ1) is 51.1. The highest BCUT2D eigenvalue weighted by Gasteiger charge is 2.51. The average molecular weight is 1460 g/mol. The molecule has 2 rings (SSSR count). The van der Waals surface area contributed by atoms with E-state index in [0.29, 0.717) is 12.8 Å². The molecule has 602 valence electrons. The van der Waals surface area contributed by atoms with Gasteiger partial charge in [0.15, 0.2) is 12.6 Å². The predicted octanol–water partition coefficient (Wildman–Crippen LogP) is 20.6. The Labute approximate surface area is 636 Å². The average Bonchev–Trinajstić information content (AvgIpc) is 0.791. The Balaban J connectivity index is 1.60. The van der Waals surface area contributed by atoms with E-state index in [2.05, 4.69) is 116 Å². The van der Waals surface area contributed by atoms with E-state index in [1.54, 1.807) is 6.08 Å². The Morgan fingerprint density at radius 1 is 0.356 bits per heavy atom. The largest absolute Gasteiger partial charge is 0.394 e. The molecule has 104 heavy (non-hydrogen) atoms. The summed E-state index contributed by atoms with van der Waals surface area (Å²) in [5.74, 6) is -0.250. The van der Waals surface area contributed by atoms with Crippen LogP contribution >= 0.6 is 0 Å². The summed E-state index contributed by atoms with van der Waals surface area (Å²) in [6.45, 7) is 2.71. The van der Waals surface area contributed by atoms with Crippen LogP contribution in [0.15, 0.2) is 109 Å². The first-order valence-corrected chi connectivity index (χ1v) is 43.1. The minimum atomic E-state index is -1.80. The van der Waals surface area contributed by atoms with Crippen molar-refractivity contribution in [3.63, 3.8) is 0 Å². The predicted molar refractivity (Wildman–Crippen MR) is 433 cm³/mol. The molecule has 2 aliphatic heterocycles. The van der Waals surface area contributed by atoms with Crippen molar-refractivity contribution in [1.82, 2.24) is 5.32 Å². The number of ether oxygens (including phenoxy) is 4. The van der Waals surface area contributed by atoms with E-state index in [9.17, 15) is 45.6 Å².